The molecule has 20 heavy (non-hydrogen) atoms. The lowest BCUT2D eigenvalue weighted by Crippen LogP contribution is -2.14. The van der Waals surface area contributed by atoms with E-state index in [9.17, 15) is 4.79 Å². The van der Waals surface area contributed by atoms with Crippen molar-refractivity contribution in [1.29, 1.82) is 0 Å². The normalized spacial score (nSPS) is 10.1. The van der Waals surface area contributed by atoms with Gasteiger partial charge in [-0.15, -0.1) is 0 Å². The number of rotatable bonds is 4. The summed E-state index contributed by atoms with van der Waals surface area (Å²) >= 11 is 5.98. The zero-order valence-corrected chi connectivity index (χ0v) is 11.6. The molecule has 1 amide bonds. The Balaban J connectivity index is 2.15. The number of nitrogen functional groups attached to an aromatic ring is 1. The van der Waals surface area contributed by atoms with Crippen LogP contribution in [0.4, 0.5) is 11.4 Å². The highest BCUT2D eigenvalue weighted by molar-refractivity contribution is 6.35. The summed E-state index contributed by atoms with van der Waals surface area (Å²) in [5, 5.41) is 2.99. The lowest BCUT2D eigenvalue weighted by molar-refractivity contribution is 0.102. The molecule has 0 unspecified atom stereocenters. The molecule has 0 saturated heterocycles. The number of halogens is 1. The zero-order chi connectivity index (χ0) is 14.5. The van der Waals surface area contributed by atoms with Crippen LogP contribution in [0.5, 0.6) is 5.88 Å². The number of carbonyl (C=O) groups excluding carboxylic acids is 1. The van der Waals surface area contributed by atoms with E-state index in [-0.39, 0.29) is 11.5 Å². The van der Waals surface area contributed by atoms with Crippen LogP contribution in [0.3, 0.4) is 0 Å². The Morgan fingerprint density at radius 2 is 2.20 bits per heavy atom. The van der Waals surface area contributed by atoms with Crippen molar-refractivity contribution in [2.75, 3.05) is 17.7 Å². The summed E-state index contributed by atoms with van der Waals surface area (Å²) < 4.78 is 5.22. The van der Waals surface area contributed by atoms with Crippen LogP contribution in [0, 0.1) is 0 Å². The lowest BCUT2D eigenvalue weighted by atomic mass is 10.1. The minimum atomic E-state index is -0.376. The van der Waals surface area contributed by atoms with E-state index in [1.807, 2.05) is 6.92 Å². The fraction of sp³-hybridized carbons (Fsp3) is 0.143. The van der Waals surface area contributed by atoms with Crippen molar-refractivity contribution in [2.24, 2.45) is 0 Å². The van der Waals surface area contributed by atoms with E-state index in [4.69, 9.17) is 22.1 Å². The molecule has 0 bridgehead atoms. The van der Waals surface area contributed by atoms with Gasteiger partial charge in [0.15, 0.2) is 0 Å². The molecule has 1 aromatic carbocycles. The predicted molar refractivity (Wildman–Crippen MR) is 79.2 cm³/mol. The van der Waals surface area contributed by atoms with E-state index in [0.717, 1.165) is 0 Å². The van der Waals surface area contributed by atoms with Gasteiger partial charge in [-0.05, 0) is 25.1 Å². The van der Waals surface area contributed by atoms with Crippen molar-refractivity contribution in [3.05, 3.63) is 47.1 Å². The SMILES string of the molecule is CCOc1ccc(NC(=O)c2c(N)cccc2Cl)cn1. The number of anilines is 2. The molecule has 1 aromatic heterocycles. The van der Waals surface area contributed by atoms with E-state index < -0.39 is 0 Å². The summed E-state index contributed by atoms with van der Waals surface area (Å²) in [6, 6.07) is 8.30. The highest BCUT2D eigenvalue weighted by Gasteiger charge is 2.14. The van der Waals surface area contributed by atoms with Gasteiger partial charge in [-0.3, -0.25) is 4.79 Å². The maximum atomic E-state index is 12.1. The van der Waals surface area contributed by atoms with Gasteiger partial charge in [0.1, 0.15) is 0 Å². The van der Waals surface area contributed by atoms with Crippen LogP contribution >= 0.6 is 11.6 Å². The molecule has 0 fully saturated rings. The molecule has 0 radical (unpaired) electrons. The molecule has 0 aliphatic heterocycles. The Labute approximate surface area is 121 Å². The topological polar surface area (TPSA) is 77.2 Å². The monoisotopic (exact) mass is 291 g/mol. The maximum Gasteiger partial charge on any atom is 0.259 e. The maximum absolute atomic E-state index is 12.1. The third-order valence-electron chi connectivity index (χ3n) is 2.56. The van der Waals surface area contributed by atoms with Crippen LogP contribution in [0.15, 0.2) is 36.5 Å². The van der Waals surface area contributed by atoms with E-state index >= 15 is 0 Å². The van der Waals surface area contributed by atoms with Crippen molar-refractivity contribution in [3.63, 3.8) is 0 Å². The summed E-state index contributed by atoms with van der Waals surface area (Å²) in [6.45, 7) is 2.41. The number of carbonyl (C=O) groups is 1. The number of benzene rings is 1. The van der Waals surface area contributed by atoms with Gasteiger partial charge < -0.3 is 15.8 Å². The lowest BCUT2D eigenvalue weighted by Gasteiger charge is -2.09. The summed E-state index contributed by atoms with van der Waals surface area (Å²) in [5.74, 6) is 0.127. The Morgan fingerprint density at radius 3 is 2.80 bits per heavy atom. The molecule has 0 saturated carbocycles. The Bertz CT molecular complexity index is 594. The van der Waals surface area contributed by atoms with Gasteiger partial charge in [0, 0.05) is 11.8 Å². The number of amides is 1. The van der Waals surface area contributed by atoms with Crippen molar-refractivity contribution < 1.29 is 9.53 Å². The third kappa shape index (κ3) is 3.19. The van der Waals surface area contributed by atoms with Crippen LogP contribution in [0.1, 0.15) is 17.3 Å². The molecule has 5 nitrogen and oxygen atoms in total. The van der Waals surface area contributed by atoms with Gasteiger partial charge in [0.25, 0.3) is 5.91 Å². The second-order valence-corrected chi connectivity index (χ2v) is 4.38. The highest BCUT2D eigenvalue weighted by atomic mass is 35.5. The minimum absolute atomic E-state index is 0.253. The first kappa shape index (κ1) is 14.1. The van der Waals surface area contributed by atoms with Crippen LogP contribution in [-0.4, -0.2) is 17.5 Å². The van der Waals surface area contributed by atoms with E-state index in [0.29, 0.717) is 28.9 Å². The second-order valence-electron chi connectivity index (χ2n) is 3.98. The fourth-order valence-corrected chi connectivity index (χ4v) is 1.93. The Kier molecular flexibility index (Phi) is 4.42. The molecular weight excluding hydrogens is 278 g/mol. The molecule has 6 heteroatoms. The molecule has 0 atom stereocenters. The number of hydrogen-bond donors (Lipinski definition) is 2. The largest absolute Gasteiger partial charge is 0.478 e. The summed E-state index contributed by atoms with van der Waals surface area (Å²) in [7, 11) is 0. The first-order chi connectivity index (χ1) is 9.61. The predicted octanol–water partition coefficient (Wildman–Crippen LogP) is 2.97. The van der Waals surface area contributed by atoms with Crippen LogP contribution in [0.25, 0.3) is 0 Å². The number of pyridine rings is 1. The third-order valence-corrected chi connectivity index (χ3v) is 2.87. The van der Waals surface area contributed by atoms with E-state index in [1.165, 1.54) is 6.20 Å². The fourth-order valence-electron chi connectivity index (χ4n) is 1.66. The average molecular weight is 292 g/mol. The molecule has 1 heterocycles. The Morgan fingerprint density at radius 1 is 1.40 bits per heavy atom. The van der Waals surface area contributed by atoms with Gasteiger partial charge in [-0.1, -0.05) is 17.7 Å². The summed E-state index contributed by atoms with van der Waals surface area (Å²) in [5.41, 5.74) is 6.88. The molecule has 104 valence electrons. The standard InChI is InChI=1S/C14H14ClN3O2/c1-2-20-12-7-6-9(8-17-12)18-14(19)13-10(15)4-3-5-11(13)16/h3-8H,2,16H2,1H3,(H,18,19). The molecule has 0 aliphatic rings. The molecule has 2 aromatic rings. The summed E-state index contributed by atoms with van der Waals surface area (Å²) in [4.78, 5) is 16.2. The molecule has 2 rings (SSSR count). The van der Waals surface area contributed by atoms with Gasteiger partial charge in [0.2, 0.25) is 5.88 Å². The number of ether oxygens (including phenoxy) is 1. The van der Waals surface area contributed by atoms with Crippen molar-refractivity contribution in [3.8, 4) is 5.88 Å². The molecule has 3 N–H and O–H groups in total. The van der Waals surface area contributed by atoms with Gasteiger partial charge >= 0.3 is 0 Å². The highest BCUT2D eigenvalue weighted by Crippen LogP contribution is 2.23. The van der Waals surface area contributed by atoms with Crippen LogP contribution in [-0.2, 0) is 0 Å². The van der Waals surface area contributed by atoms with E-state index in [2.05, 4.69) is 10.3 Å². The van der Waals surface area contributed by atoms with Gasteiger partial charge in [-0.2, -0.15) is 0 Å². The molecule has 0 aliphatic carbocycles. The molecule has 0 spiro atoms. The average Bonchev–Trinajstić information content (AvgIpc) is 2.41. The first-order valence-corrected chi connectivity index (χ1v) is 6.43. The zero-order valence-electron chi connectivity index (χ0n) is 10.9. The van der Waals surface area contributed by atoms with Gasteiger partial charge in [-0.25, -0.2) is 4.98 Å². The van der Waals surface area contributed by atoms with Crippen molar-refractivity contribution in [1.82, 2.24) is 4.98 Å². The quantitative estimate of drug-likeness (QED) is 0.849. The van der Waals surface area contributed by atoms with Crippen molar-refractivity contribution >= 4 is 28.9 Å². The number of hydrogen-bond acceptors (Lipinski definition) is 4. The Hall–Kier alpha value is -2.27. The number of nitrogens with zero attached hydrogens (tertiary/aromatic N) is 1. The van der Waals surface area contributed by atoms with Crippen molar-refractivity contribution in [2.45, 2.75) is 6.92 Å². The molecular formula is C14H14ClN3O2. The first-order valence-electron chi connectivity index (χ1n) is 6.06. The smallest absolute Gasteiger partial charge is 0.259 e. The summed E-state index contributed by atoms with van der Waals surface area (Å²) in [6.07, 6.45) is 1.51. The number of nitrogens with two attached hydrogens (primary N) is 1. The minimum Gasteiger partial charge on any atom is -0.478 e. The number of nitrogens with one attached hydrogen (secondary N) is 1. The van der Waals surface area contributed by atoms with Crippen LogP contribution < -0.4 is 15.8 Å². The second kappa shape index (κ2) is 6.25. The van der Waals surface area contributed by atoms with Crippen LogP contribution in [0.2, 0.25) is 5.02 Å². The number of aromatic nitrogens is 1. The van der Waals surface area contributed by atoms with E-state index in [1.54, 1.807) is 30.3 Å². The van der Waals surface area contributed by atoms with Gasteiger partial charge in [0.05, 0.1) is 29.1 Å².